The van der Waals surface area contributed by atoms with E-state index in [0.717, 1.165) is 17.0 Å². The van der Waals surface area contributed by atoms with E-state index < -0.39 is 5.41 Å². The van der Waals surface area contributed by atoms with E-state index in [-0.39, 0.29) is 29.8 Å². The van der Waals surface area contributed by atoms with E-state index in [2.05, 4.69) is 4.57 Å². The molecule has 1 amide bonds. The van der Waals surface area contributed by atoms with Crippen LogP contribution >= 0.6 is 23.4 Å². The molecule has 3 rings (SSSR count). The first-order valence-corrected chi connectivity index (χ1v) is 11.5. The van der Waals surface area contributed by atoms with Gasteiger partial charge in [-0.3, -0.25) is 19.3 Å². The normalized spacial score (nSPS) is 15.7. The topological polar surface area (TPSA) is 59.4 Å². The molecule has 1 aliphatic rings. The fourth-order valence-electron chi connectivity index (χ4n) is 3.38. The third-order valence-corrected chi connectivity index (χ3v) is 6.76. The molecule has 1 saturated heterocycles. The van der Waals surface area contributed by atoms with Gasteiger partial charge in [0, 0.05) is 40.0 Å². The van der Waals surface area contributed by atoms with Gasteiger partial charge in [-0.05, 0) is 31.5 Å². The van der Waals surface area contributed by atoms with Crippen molar-refractivity contribution in [1.29, 1.82) is 0 Å². The van der Waals surface area contributed by atoms with Crippen LogP contribution < -0.4 is 0 Å². The summed E-state index contributed by atoms with van der Waals surface area (Å²) < 4.78 is 2.05. The highest BCUT2D eigenvalue weighted by molar-refractivity contribution is 8.04. The summed E-state index contributed by atoms with van der Waals surface area (Å²) in [5.74, 6) is -0.137. The van der Waals surface area contributed by atoms with E-state index in [9.17, 15) is 14.4 Å². The summed E-state index contributed by atoms with van der Waals surface area (Å²) in [6, 6.07) is 9.49. The maximum absolute atomic E-state index is 13.1. The van der Waals surface area contributed by atoms with Gasteiger partial charge in [0.1, 0.15) is 0 Å². The molecule has 2 aromatic rings. The molecular formula is C24H27ClN2O3S. The van der Waals surface area contributed by atoms with Crippen molar-refractivity contribution in [1.82, 2.24) is 9.47 Å². The first-order valence-electron chi connectivity index (χ1n) is 10.1. The second-order valence-electron chi connectivity index (χ2n) is 8.75. The Labute approximate surface area is 192 Å². The number of Topliss-reactive ketones (excluding diaryl/α,β-unsaturated/α-hetero) is 1. The van der Waals surface area contributed by atoms with Crippen molar-refractivity contribution in [2.24, 2.45) is 5.41 Å². The Morgan fingerprint density at radius 1 is 1.19 bits per heavy atom. The van der Waals surface area contributed by atoms with Crippen LogP contribution in [0.3, 0.4) is 0 Å². The fourth-order valence-corrected chi connectivity index (χ4v) is 4.52. The summed E-state index contributed by atoms with van der Waals surface area (Å²) in [5, 5.41) is 1.23. The summed E-state index contributed by atoms with van der Waals surface area (Å²) in [6.45, 7) is 9.83. The number of halogens is 1. The van der Waals surface area contributed by atoms with Crippen LogP contribution in [0.1, 0.15) is 48.1 Å². The molecule has 1 aliphatic heterocycles. The van der Waals surface area contributed by atoms with Crippen LogP contribution in [0.5, 0.6) is 0 Å². The van der Waals surface area contributed by atoms with E-state index in [1.807, 2.05) is 65.0 Å². The Morgan fingerprint density at radius 2 is 1.87 bits per heavy atom. The maximum atomic E-state index is 13.1. The predicted octanol–water partition coefficient (Wildman–Crippen LogP) is 5.02. The predicted molar refractivity (Wildman–Crippen MR) is 126 cm³/mol. The van der Waals surface area contributed by atoms with E-state index in [0.29, 0.717) is 22.2 Å². The first kappa shape index (κ1) is 23.4. The average Bonchev–Trinajstić information content (AvgIpc) is 3.17. The lowest BCUT2D eigenvalue weighted by atomic mass is 9.91. The standard InChI is InChI=1S/C24H27ClN2O3S/c1-15-10-18(16(2)26(15)12-17-8-6-7-9-19(17)25)20(28)13-27-22(30)14-31-23(27)11-21(29)24(3,4)5/h6-11H,12-14H2,1-5H3. The van der Waals surface area contributed by atoms with Crippen LogP contribution in [-0.2, 0) is 16.1 Å². The SMILES string of the molecule is Cc1cc(C(=O)CN2C(=O)CSC2=CC(=O)C(C)(C)C)c(C)n1Cc1ccccc1Cl. The van der Waals surface area contributed by atoms with Gasteiger partial charge in [0.25, 0.3) is 0 Å². The van der Waals surface area contributed by atoms with Crippen LogP contribution in [0, 0.1) is 19.3 Å². The van der Waals surface area contributed by atoms with Gasteiger partial charge in [-0.1, -0.05) is 62.3 Å². The molecule has 31 heavy (non-hydrogen) atoms. The highest BCUT2D eigenvalue weighted by Gasteiger charge is 2.31. The first-order chi connectivity index (χ1) is 14.5. The minimum Gasteiger partial charge on any atom is -0.344 e. The summed E-state index contributed by atoms with van der Waals surface area (Å²) in [7, 11) is 0. The number of carbonyl (C=O) groups excluding carboxylic acids is 3. The van der Waals surface area contributed by atoms with Gasteiger partial charge in [0.05, 0.1) is 17.3 Å². The number of thioether (sulfide) groups is 1. The van der Waals surface area contributed by atoms with Crippen molar-refractivity contribution in [2.75, 3.05) is 12.3 Å². The van der Waals surface area contributed by atoms with Gasteiger partial charge >= 0.3 is 0 Å². The lowest BCUT2D eigenvalue weighted by molar-refractivity contribution is -0.125. The largest absolute Gasteiger partial charge is 0.344 e. The van der Waals surface area contributed by atoms with Gasteiger partial charge in [-0.2, -0.15) is 0 Å². The minimum absolute atomic E-state index is 0.0694. The highest BCUT2D eigenvalue weighted by atomic mass is 35.5. The van der Waals surface area contributed by atoms with E-state index in [1.165, 1.54) is 22.7 Å². The molecule has 0 aliphatic carbocycles. The number of benzene rings is 1. The zero-order valence-electron chi connectivity index (χ0n) is 18.5. The smallest absolute Gasteiger partial charge is 0.238 e. The molecular weight excluding hydrogens is 432 g/mol. The number of aromatic nitrogens is 1. The third-order valence-electron chi connectivity index (χ3n) is 5.37. The monoisotopic (exact) mass is 458 g/mol. The zero-order chi connectivity index (χ0) is 22.9. The van der Waals surface area contributed by atoms with Crippen molar-refractivity contribution in [3.8, 4) is 0 Å². The van der Waals surface area contributed by atoms with Crippen LogP contribution in [-0.4, -0.2) is 39.2 Å². The number of carbonyl (C=O) groups is 3. The number of hydrogen-bond donors (Lipinski definition) is 0. The van der Waals surface area contributed by atoms with Gasteiger partial charge in [0.2, 0.25) is 5.91 Å². The molecule has 0 N–H and O–H groups in total. The molecule has 164 valence electrons. The average molecular weight is 459 g/mol. The summed E-state index contributed by atoms with van der Waals surface area (Å²) in [5.41, 5.74) is 2.79. The molecule has 1 aromatic carbocycles. The lowest BCUT2D eigenvalue weighted by Crippen LogP contribution is -2.31. The third kappa shape index (κ3) is 5.13. The Kier molecular flexibility index (Phi) is 6.82. The number of rotatable bonds is 6. The molecule has 2 heterocycles. The molecule has 7 heteroatoms. The van der Waals surface area contributed by atoms with Gasteiger partial charge in [-0.15, -0.1) is 0 Å². The van der Waals surface area contributed by atoms with Crippen LogP contribution in [0.4, 0.5) is 0 Å². The number of allylic oxidation sites excluding steroid dienone is 1. The quantitative estimate of drug-likeness (QED) is 0.450. The number of nitrogens with zero attached hydrogens (tertiary/aromatic N) is 2. The number of amides is 1. The molecule has 1 fully saturated rings. The van der Waals surface area contributed by atoms with E-state index in [4.69, 9.17) is 11.6 Å². The van der Waals surface area contributed by atoms with E-state index in [1.54, 1.807) is 0 Å². The van der Waals surface area contributed by atoms with Crippen molar-refractivity contribution in [3.63, 3.8) is 0 Å². The molecule has 0 unspecified atom stereocenters. The molecule has 0 atom stereocenters. The maximum Gasteiger partial charge on any atom is 0.238 e. The summed E-state index contributed by atoms with van der Waals surface area (Å²) >= 11 is 7.61. The number of aryl methyl sites for hydroxylation is 1. The molecule has 0 bridgehead atoms. The highest BCUT2D eigenvalue weighted by Crippen LogP contribution is 2.31. The summed E-state index contributed by atoms with van der Waals surface area (Å²) in [4.78, 5) is 39.4. The van der Waals surface area contributed by atoms with Crippen LogP contribution in [0.25, 0.3) is 0 Å². The minimum atomic E-state index is -0.543. The van der Waals surface area contributed by atoms with Crippen LogP contribution in [0.2, 0.25) is 5.02 Å². The Hall–Kier alpha value is -2.31. The Balaban J connectivity index is 1.83. The molecule has 0 radical (unpaired) electrons. The zero-order valence-corrected chi connectivity index (χ0v) is 20.1. The Bertz CT molecular complexity index is 1080. The second-order valence-corrected chi connectivity index (χ2v) is 10.2. The Morgan fingerprint density at radius 3 is 2.52 bits per heavy atom. The van der Waals surface area contributed by atoms with E-state index >= 15 is 0 Å². The molecule has 0 saturated carbocycles. The molecule has 1 aromatic heterocycles. The van der Waals surface area contributed by atoms with Gasteiger partial charge in [-0.25, -0.2) is 0 Å². The lowest BCUT2D eigenvalue weighted by Gasteiger charge is -2.19. The van der Waals surface area contributed by atoms with Crippen molar-refractivity contribution in [2.45, 2.75) is 41.2 Å². The molecule has 5 nitrogen and oxygen atoms in total. The van der Waals surface area contributed by atoms with Gasteiger partial charge in [0.15, 0.2) is 11.6 Å². The second kappa shape index (κ2) is 9.05. The molecule has 0 spiro atoms. The van der Waals surface area contributed by atoms with Crippen LogP contribution in [0.15, 0.2) is 41.4 Å². The van der Waals surface area contributed by atoms with Gasteiger partial charge < -0.3 is 4.57 Å². The number of ketones is 2. The number of hydrogen-bond acceptors (Lipinski definition) is 4. The fraction of sp³-hybridized carbons (Fsp3) is 0.375. The summed E-state index contributed by atoms with van der Waals surface area (Å²) in [6.07, 6.45) is 1.49. The van der Waals surface area contributed by atoms with Crippen molar-refractivity contribution >= 4 is 40.8 Å². The van der Waals surface area contributed by atoms with Crippen molar-refractivity contribution < 1.29 is 14.4 Å². The van der Waals surface area contributed by atoms with Crippen molar-refractivity contribution in [3.05, 3.63) is 69.0 Å².